The van der Waals surface area contributed by atoms with Crippen molar-refractivity contribution < 1.29 is 19.7 Å². The highest BCUT2D eigenvalue weighted by atomic mass is 16.5. The van der Waals surface area contributed by atoms with Crippen LogP contribution in [0.4, 0.5) is 4.79 Å². The fourth-order valence-corrected chi connectivity index (χ4v) is 2.10. The molecule has 0 spiro atoms. The number of carbonyl (C=O) groups is 1. The van der Waals surface area contributed by atoms with Crippen molar-refractivity contribution in [1.29, 1.82) is 0 Å². The van der Waals surface area contributed by atoms with Gasteiger partial charge in [0.1, 0.15) is 6.10 Å². The van der Waals surface area contributed by atoms with Gasteiger partial charge in [0.2, 0.25) is 0 Å². The second kappa shape index (κ2) is 6.78. The van der Waals surface area contributed by atoms with E-state index in [0.717, 1.165) is 6.42 Å². The van der Waals surface area contributed by atoms with Crippen LogP contribution in [0.3, 0.4) is 0 Å². The van der Waals surface area contributed by atoms with Crippen LogP contribution in [0.1, 0.15) is 19.8 Å². The third kappa shape index (κ3) is 3.83. The molecule has 2 amide bonds. The normalized spacial score (nSPS) is 32.5. The van der Waals surface area contributed by atoms with E-state index in [9.17, 15) is 15.0 Å². The van der Waals surface area contributed by atoms with E-state index in [1.807, 2.05) is 6.92 Å². The van der Waals surface area contributed by atoms with E-state index in [1.54, 1.807) is 7.11 Å². The molecule has 1 aliphatic carbocycles. The maximum atomic E-state index is 11.4. The Balaban J connectivity index is 2.41. The summed E-state index contributed by atoms with van der Waals surface area (Å²) in [7, 11) is 1.55. The Kier molecular flexibility index (Phi) is 5.67. The second-order valence-electron chi connectivity index (χ2n) is 4.44. The van der Waals surface area contributed by atoms with Crippen molar-refractivity contribution in [3.8, 4) is 0 Å². The maximum Gasteiger partial charge on any atom is 0.315 e. The number of hydrogen-bond donors (Lipinski definition) is 4. The molecule has 17 heavy (non-hydrogen) atoms. The topological polar surface area (TPSA) is 90.8 Å². The fourth-order valence-electron chi connectivity index (χ4n) is 2.10. The number of aliphatic hydroxyl groups is 2. The van der Waals surface area contributed by atoms with Gasteiger partial charge >= 0.3 is 6.03 Å². The molecule has 0 aromatic carbocycles. The lowest BCUT2D eigenvalue weighted by Crippen LogP contribution is -2.47. The molecule has 0 radical (unpaired) electrons. The lowest BCUT2D eigenvalue weighted by molar-refractivity contribution is -0.00499. The first-order valence-electron chi connectivity index (χ1n) is 5.99. The highest BCUT2D eigenvalue weighted by Crippen LogP contribution is 2.26. The number of urea groups is 1. The van der Waals surface area contributed by atoms with Gasteiger partial charge in [-0.2, -0.15) is 0 Å². The molecule has 1 saturated carbocycles. The Bertz CT molecular complexity index is 250. The van der Waals surface area contributed by atoms with Crippen molar-refractivity contribution >= 4 is 6.03 Å². The molecule has 1 aliphatic rings. The molecular weight excluding hydrogens is 224 g/mol. The molecule has 0 heterocycles. The molecule has 0 aromatic heterocycles. The van der Waals surface area contributed by atoms with Gasteiger partial charge in [0.05, 0.1) is 18.8 Å². The monoisotopic (exact) mass is 246 g/mol. The van der Waals surface area contributed by atoms with Crippen molar-refractivity contribution in [2.24, 2.45) is 5.92 Å². The van der Waals surface area contributed by atoms with E-state index in [0.29, 0.717) is 19.6 Å². The lowest BCUT2D eigenvalue weighted by Gasteiger charge is -2.18. The van der Waals surface area contributed by atoms with Crippen molar-refractivity contribution in [3.05, 3.63) is 0 Å². The summed E-state index contributed by atoms with van der Waals surface area (Å²) in [6, 6.07) is -0.719. The molecule has 1 rings (SSSR count). The average molecular weight is 246 g/mol. The van der Waals surface area contributed by atoms with Gasteiger partial charge in [-0.05, 0) is 12.8 Å². The summed E-state index contributed by atoms with van der Waals surface area (Å²) in [4.78, 5) is 11.4. The van der Waals surface area contributed by atoms with Crippen molar-refractivity contribution in [2.75, 3.05) is 20.3 Å². The minimum Gasteiger partial charge on any atom is -0.390 e. The fraction of sp³-hybridized carbons (Fsp3) is 0.909. The summed E-state index contributed by atoms with van der Waals surface area (Å²) in [5, 5.41) is 24.9. The van der Waals surface area contributed by atoms with Crippen LogP contribution in [-0.4, -0.2) is 54.8 Å². The second-order valence-corrected chi connectivity index (χ2v) is 4.44. The van der Waals surface area contributed by atoms with Crippen LogP contribution >= 0.6 is 0 Å². The largest absolute Gasteiger partial charge is 0.390 e. The molecule has 0 bridgehead atoms. The standard InChI is InChI=1S/C11H22N2O4/c1-3-4-12-11(16)13-8-5-7(6-17-2)9(14)10(8)15/h7-10,14-15H,3-6H2,1-2H3,(H2,12,13,16). The highest BCUT2D eigenvalue weighted by Gasteiger charge is 2.41. The van der Waals surface area contributed by atoms with Crippen LogP contribution in [0, 0.1) is 5.92 Å². The summed E-state index contributed by atoms with van der Waals surface area (Å²) < 4.78 is 4.96. The van der Waals surface area contributed by atoms with E-state index in [2.05, 4.69) is 10.6 Å². The molecule has 4 atom stereocenters. The zero-order valence-electron chi connectivity index (χ0n) is 10.3. The van der Waals surface area contributed by atoms with Crippen LogP contribution in [0.2, 0.25) is 0 Å². The maximum absolute atomic E-state index is 11.4. The van der Waals surface area contributed by atoms with E-state index in [-0.39, 0.29) is 11.9 Å². The van der Waals surface area contributed by atoms with E-state index in [1.165, 1.54) is 0 Å². The molecule has 4 unspecified atom stereocenters. The van der Waals surface area contributed by atoms with Gasteiger partial charge in [-0.1, -0.05) is 6.92 Å². The Labute approximate surface area is 101 Å². The molecule has 1 fully saturated rings. The zero-order chi connectivity index (χ0) is 12.8. The van der Waals surface area contributed by atoms with Crippen LogP contribution < -0.4 is 10.6 Å². The highest BCUT2D eigenvalue weighted by molar-refractivity contribution is 5.74. The smallest absolute Gasteiger partial charge is 0.315 e. The summed E-state index contributed by atoms with van der Waals surface area (Å²) in [6.45, 7) is 2.94. The van der Waals surface area contributed by atoms with E-state index < -0.39 is 18.2 Å². The van der Waals surface area contributed by atoms with Crippen LogP contribution in [0.15, 0.2) is 0 Å². The van der Waals surface area contributed by atoms with Crippen LogP contribution in [0.25, 0.3) is 0 Å². The number of methoxy groups -OCH3 is 1. The minimum atomic E-state index is -0.928. The molecule has 6 nitrogen and oxygen atoms in total. The first-order valence-corrected chi connectivity index (χ1v) is 5.99. The van der Waals surface area contributed by atoms with Gasteiger partial charge in [-0.3, -0.25) is 0 Å². The Morgan fingerprint density at radius 3 is 2.71 bits per heavy atom. The number of aliphatic hydroxyl groups excluding tert-OH is 2. The summed E-state index contributed by atoms with van der Waals surface area (Å²) in [5.41, 5.74) is 0. The van der Waals surface area contributed by atoms with Crippen molar-refractivity contribution in [1.82, 2.24) is 10.6 Å². The Morgan fingerprint density at radius 2 is 2.12 bits per heavy atom. The van der Waals surface area contributed by atoms with Gasteiger partial charge < -0.3 is 25.6 Å². The number of carbonyl (C=O) groups excluding carboxylic acids is 1. The molecule has 0 aromatic rings. The average Bonchev–Trinajstić information content (AvgIpc) is 2.56. The molecule has 4 N–H and O–H groups in total. The minimum absolute atomic E-state index is 0.133. The number of amides is 2. The van der Waals surface area contributed by atoms with Crippen molar-refractivity contribution in [2.45, 2.75) is 38.0 Å². The molecule has 0 aliphatic heterocycles. The molecule has 0 saturated heterocycles. The number of hydrogen-bond acceptors (Lipinski definition) is 4. The van der Waals surface area contributed by atoms with Crippen LogP contribution in [-0.2, 0) is 4.74 Å². The number of nitrogens with one attached hydrogen (secondary N) is 2. The third-order valence-electron chi connectivity index (χ3n) is 3.03. The van der Waals surface area contributed by atoms with Gasteiger partial charge in [0.15, 0.2) is 0 Å². The predicted octanol–water partition coefficient (Wildman–Crippen LogP) is -0.548. The summed E-state index contributed by atoms with van der Waals surface area (Å²) >= 11 is 0. The SMILES string of the molecule is CCCNC(=O)NC1CC(COC)C(O)C1O. The van der Waals surface area contributed by atoms with Gasteiger partial charge in [-0.25, -0.2) is 4.79 Å². The van der Waals surface area contributed by atoms with E-state index >= 15 is 0 Å². The third-order valence-corrected chi connectivity index (χ3v) is 3.03. The van der Waals surface area contributed by atoms with Crippen molar-refractivity contribution in [3.63, 3.8) is 0 Å². The van der Waals surface area contributed by atoms with Gasteiger partial charge in [0, 0.05) is 19.6 Å². The first kappa shape index (κ1) is 14.2. The molecule has 6 heteroatoms. The summed E-state index contributed by atoms with van der Waals surface area (Å²) in [5.74, 6) is -0.133. The molecule has 100 valence electrons. The van der Waals surface area contributed by atoms with E-state index in [4.69, 9.17) is 4.74 Å². The Hall–Kier alpha value is -0.850. The van der Waals surface area contributed by atoms with Gasteiger partial charge in [-0.15, -0.1) is 0 Å². The summed E-state index contributed by atoms with van der Waals surface area (Å²) in [6.07, 6.45) is -0.389. The quantitative estimate of drug-likeness (QED) is 0.524. The predicted molar refractivity (Wildman–Crippen MR) is 62.6 cm³/mol. The van der Waals surface area contributed by atoms with Crippen LogP contribution in [0.5, 0.6) is 0 Å². The zero-order valence-corrected chi connectivity index (χ0v) is 10.3. The number of rotatable bonds is 5. The first-order chi connectivity index (χ1) is 8.10. The van der Waals surface area contributed by atoms with Gasteiger partial charge in [0.25, 0.3) is 0 Å². The number of ether oxygens (including phenoxy) is 1. The lowest BCUT2D eigenvalue weighted by atomic mass is 10.1. The Morgan fingerprint density at radius 1 is 1.41 bits per heavy atom. The molecular formula is C11H22N2O4.